The molecule has 5 heteroatoms. The van der Waals surface area contributed by atoms with E-state index in [0.717, 1.165) is 41.1 Å². The van der Waals surface area contributed by atoms with E-state index in [4.69, 9.17) is 14.2 Å². The van der Waals surface area contributed by atoms with Gasteiger partial charge in [-0.15, -0.1) is 0 Å². The van der Waals surface area contributed by atoms with Gasteiger partial charge in [0.15, 0.2) is 11.5 Å². The van der Waals surface area contributed by atoms with E-state index in [1.807, 2.05) is 13.0 Å². The summed E-state index contributed by atoms with van der Waals surface area (Å²) >= 11 is 3.56. The van der Waals surface area contributed by atoms with Gasteiger partial charge in [-0.1, -0.05) is 0 Å². The van der Waals surface area contributed by atoms with Crippen molar-refractivity contribution in [3.05, 3.63) is 22.2 Å². The fourth-order valence-corrected chi connectivity index (χ4v) is 3.13. The SMILES string of the molecule is CCOc1c(Br)cc(CNC2(C)CCOC2C)cc1OC. The summed E-state index contributed by atoms with van der Waals surface area (Å²) in [6.07, 6.45) is 1.26. The lowest BCUT2D eigenvalue weighted by molar-refractivity contribution is 0.0881. The lowest BCUT2D eigenvalue weighted by Gasteiger charge is -2.29. The number of methoxy groups -OCH3 is 1. The van der Waals surface area contributed by atoms with Crippen LogP contribution < -0.4 is 14.8 Å². The summed E-state index contributed by atoms with van der Waals surface area (Å²) in [7, 11) is 1.66. The second kappa shape index (κ2) is 6.99. The molecule has 0 amide bonds. The first-order valence-electron chi connectivity index (χ1n) is 7.36. The molecular formula is C16H24BrNO3. The molecule has 1 aromatic rings. The van der Waals surface area contributed by atoms with Gasteiger partial charge in [-0.3, -0.25) is 0 Å². The van der Waals surface area contributed by atoms with Crippen molar-refractivity contribution in [1.82, 2.24) is 5.32 Å². The molecule has 1 aliphatic heterocycles. The lowest BCUT2D eigenvalue weighted by atomic mass is 9.94. The molecule has 0 spiro atoms. The van der Waals surface area contributed by atoms with Crippen LogP contribution in [0.3, 0.4) is 0 Å². The van der Waals surface area contributed by atoms with Gasteiger partial charge in [0.25, 0.3) is 0 Å². The molecule has 0 saturated carbocycles. The van der Waals surface area contributed by atoms with Crippen LogP contribution in [-0.2, 0) is 11.3 Å². The average molecular weight is 358 g/mol. The maximum atomic E-state index is 5.66. The third kappa shape index (κ3) is 3.71. The quantitative estimate of drug-likeness (QED) is 0.845. The highest BCUT2D eigenvalue weighted by molar-refractivity contribution is 9.10. The smallest absolute Gasteiger partial charge is 0.175 e. The Hall–Kier alpha value is -0.780. The largest absolute Gasteiger partial charge is 0.493 e. The molecule has 1 aromatic carbocycles. The van der Waals surface area contributed by atoms with Gasteiger partial charge in [0.2, 0.25) is 0 Å². The number of ether oxygens (including phenoxy) is 3. The number of benzene rings is 1. The van der Waals surface area contributed by atoms with Crippen LogP contribution in [0.1, 0.15) is 32.8 Å². The minimum Gasteiger partial charge on any atom is -0.493 e. The predicted molar refractivity (Wildman–Crippen MR) is 87.1 cm³/mol. The summed E-state index contributed by atoms with van der Waals surface area (Å²) in [5.41, 5.74) is 1.18. The van der Waals surface area contributed by atoms with E-state index < -0.39 is 0 Å². The van der Waals surface area contributed by atoms with E-state index >= 15 is 0 Å². The summed E-state index contributed by atoms with van der Waals surface area (Å²) in [6.45, 7) is 8.50. The summed E-state index contributed by atoms with van der Waals surface area (Å²) < 4.78 is 17.6. The summed E-state index contributed by atoms with van der Waals surface area (Å²) in [5.74, 6) is 1.51. The van der Waals surface area contributed by atoms with Gasteiger partial charge in [-0.25, -0.2) is 0 Å². The van der Waals surface area contributed by atoms with Crippen molar-refractivity contribution in [1.29, 1.82) is 0 Å². The Bertz CT molecular complexity index is 495. The zero-order valence-electron chi connectivity index (χ0n) is 13.2. The molecule has 1 heterocycles. The van der Waals surface area contributed by atoms with Crippen LogP contribution in [0.5, 0.6) is 11.5 Å². The fraction of sp³-hybridized carbons (Fsp3) is 0.625. The molecular weight excluding hydrogens is 334 g/mol. The van der Waals surface area contributed by atoms with Gasteiger partial charge >= 0.3 is 0 Å². The molecule has 0 bridgehead atoms. The molecule has 1 saturated heterocycles. The molecule has 1 N–H and O–H groups in total. The topological polar surface area (TPSA) is 39.7 Å². The number of hydrogen-bond acceptors (Lipinski definition) is 4. The highest BCUT2D eigenvalue weighted by Crippen LogP contribution is 2.37. The molecule has 0 radical (unpaired) electrons. The van der Waals surface area contributed by atoms with Crippen molar-refractivity contribution in [2.45, 2.75) is 45.4 Å². The highest BCUT2D eigenvalue weighted by Gasteiger charge is 2.36. The van der Waals surface area contributed by atoms with Crippen LogP contribution in [0.25, 0.3) is 0 Å². The first-order chi connectivity index (χ1) is 10.00. The molecule has 21 heavy (non-hydrogen) atoms. The van der Waals surface area contributed by atoms with Crippen molar-refractivity contribution in [3.63, 3.8) is 0 Å². The Kier molecular flexibility index (Phi) is 5.52. The van der Waals surface area contributed by atoms with Gasteiger partial charge in [-0.2, -0.15) is 0 Å². The van der Waals surface area contributed by atoms with Crippen LogP contribution >= 0.6 is 15.9 Å². The highest BCUT2D eigenvalue weighted by atomic mass is 79.9. The average Bonchev–Trinajstić information content (AvgIpc) is 2.79. The van der Waals surface area contributed by atoms with E-state index in [-0.39, 0.29) is 11.6 Å². The molecule has 2 rings (SSSR count). The second-order valence-corrected chi connectivity index (χ2v) is 6.43. The normalized spacial score (nSPS) is 25.1. The molecule has 1 fully saturated rings. The summed E-state index contributed by atoms with van der Waals surface area (Å²) in [6, 6.07) is 4.09. The van der Waals surface area contributed by atoms with Gasteiger partial charge in [0.05, 0.1) is 24.3 Å². The van der Waals surface area contributed by atoms with Gasteiger partial charge in [0.1, 0.15) is 0 Å². The van der Waals surface area contributed by atoms with E-state index in [0.29, 0.717) is 6.61 Å². The maximum absolute atomic E-state index is 5.66. The Morgan fingerprint density at radius 3 is 2.81 bits per heavy atom. The Balaban J connectivity index is 2.12. The lowest BCUT2D eigenvalue weighted by Crippen LogP contribution is -2.47. The Morgan fingerprint density at radius 2 is 2.24 bits per heavy atom. The molecule has 0 aromatic heterocycles. The third-order valence-electron chi connectivity index (χ3n) is 4.16. The van der Waals surface area contributed by atoms with Crippen molar-refractivity contribution < 1.29 is 14.2 Å². The summed E-state index contributed by atoms with van der Waals surface area (Å²) in [4.78, 5) is 0. The molecule has 4 nitrogen and oxygen atoms in total. The minimum atomic E-state index is 0.0261. The first-order valence-corrected chi connectivity index (χ1v) is 8.15. The van der Waals surface area contributed by atoms with E-state index in [1.165, 1.54) is 0 Å². The van der Waals surface area contributed by atoms with Crippen molar-refractivity contribution in [3.8, 4) is 11.5 Å². The van der Waals surface area contributed by atoms with E-state index in [1.54, 1.807) is 7.11 Å². The standard InChI is InChI=1S/C16H24BrNO3/c1-5-20-15-13(17)8-12(9-14(15)19-4)10-18-16(3)6-7-21-11(16)2/h8-9,11,18H,5-7,10H2,1-4H3. The second-order valence-electron chi connectivity index (χ2n) is 5.58. The van der Waals surface area contributed by atoms with Crippen molar-refractivity contribution >= 4 is 15.9 Å². The van der Waals surface area contributed by atoms with Crippen LogP contribution in [0.4, 0.5) is 0 Å². The van der Waals surface area contributed by atoms with Gasteiger partial charge in [-0.05, 0) is 60.8 Å². The Morgan fingerprint density at radius 1 is 1.48 bits per heavy atom. The molecule has 0 aliphatic carbocycles. The molecule has 2 atom stereocenters. The van der Waals surface area contributed by atoms with Crippen LogP contribution in [0.15, 0.2) is 16.6 Å². The minimum absolute atomic E-state index is 0.0261. The predicted octanol–water partition coefficient (Wildman–Crippen LogP) is 3.51. The maximum Gasteiger partial charge on any atom is 0.175 e. The number of nitrogens with one attached hydrogen (secondary N) is 1. The van der Waals surface area contributed by atoms with Gasteiger partial charge < -0.3 is 19.5 Å². The zero-order chi connectivity index (χ0) is 15.5. The van der Waals surface area contributed by atoms with Crippen LogP contribution in [-0.4, -0.2) is 32.0 Å². The monoisotopic (exact) mass is 357 g/mol. The van der Waals surface area contributed by atoms with E-state index in [9.17, 15) is 0 Å². The number of rotatable bonds is 6. The summed E-state index contributed by atoms with van der Waals surface area (Å²) in [5, 5.41) is 3.61. The van der Waals surface area contributed by atoms with Crippen molar-refractivity contribution in [2.24, 2.45) is 0 Å². The van der Waals surface area contributed by atoms with Crippen molar-refractivity contribution in [2.75, 3.05) is 20.3 Å². The first kappa shape index (κ1) is 16.6. The van der Waals surface area contributed by atoms with Crippen LogP contribution in [0.2, 0.25) is 0 Å². The molecule has 2 unspecified atom stereocenters. The fourth-order valence-electron chi connectivity index (χ4n) is 2.53. The number of halogens is 1. The molecule has 118 valence electrons. The Labute approximate surface area is 135 Å². The zero-order valence-corrected chi connectivity index (χ0v) is 14.7. The van der Waals surface area contributed by atoms with Gasteiger partial charge in [0, 0.05) is 18.7 Å². The third-order valence-corrected chi connectivity index (χ3v) is 4.75. The molecule has 1 aliphatic rings. The van der Waals surface area contributed by atoms with Crippen LogP contribution in [0, 0.1) is 0 Å². The van der Waals surface area contributed by atoms with E-state index in [2.05, 4.69) is 41.2 Å². The number of hydrogen-bond donors (Lipinski definition) is 1.